The number of aromatic nitrogens is 2. The summed E-state index contributed by atoms with van der Waals surface area (Å²) in [6, 6.07) is 7.75. The Balaban J connectivity index is 2.36. The summed E-state index contributed by atoms with van der Waals surface area (Å²) in [5.41, 5.74) is 1.75. The van der Waals surface area contributed by atoms with Crippen molar-refractivity contribution in [3.8, 4) is 17.1 Å². The van der Waals surface area contributed by atoms with E-state index in [1.54, 1.807) is 0 Å². The number of nitrogens with zero attached hydrogens (tertiary/aromatic N) is 2. The van der Waals surface area contributed by atoms with Crippen molar-refractivity contribution in [2.24, 2.45) is 7.05 Å². The van der Waals surface area contributed by atoms with Crippen LogP contribution in [0.25, 0.3) is 11.4 Å². The van der Waals surface area contributed by atoms with E-state index < -0.39 is 0 Å². The molecule has 0 unspecified atom stereocenters. The minimum atomic E-state index is -0.0406. The molecule has 4 nitrogen and oxygen atoms in total. The Morgan fingerprint density at radius 1 is 1.33 bits per heavy atom. The van der Waals surface area contributed by atoms with Gasteiger partial charge in [0.15, 0.2) is 0 Å². The second-order valence-corrected chi connectivity index (χ2v) is 4.60. The Labute approximate surface area is 114 Å². The molecule has 0 bridgehead atoms. The lowest BCUT2D eigenvalue weighted by atomic mass is 10.2. The Morgan fingerprint density at radius 3 is 2.50 bits per heavy atom. The van der Waals surface area contributed by atoms with Crippen LogP contribution in [0.1, 0.15) is 12.6 Å². The topological polar surface area (TPSA) is 47.3 Å². The second kappa shape index (κ2) is 5.54. The van der Waals surface area contributed by atoms with Crippen molar-refractivity contribution in [2.45, 2.75) is 13.5 Å². The molecule has 5 heteroatoms. The number of ether oxygens (including phenoxy) is 1. The molecule has 18 heavy (non-hydrogen) atoms. The molecule has 0 atom stereocenters. The molecule has 0 amide bonds. The molecule has 1 heterocycles. The third kappa shape index (κ3) is 2.42. The fourth-order valence-electron chi connectivity index (χ4n) is 1.80. The summed E-state index contributed by atoms with van der Waals surface area (Å²) in [5, 5.41) is 9.26. The third-order valence-corrected chi connectivity index (χ3v) is 3.37. The lowest BCUT2D eigenvalue weighted by molar-refractivity contribution is 0.272. The van der Waals surface area contributed by atoms with E-state index in [9.17, 15) is 5.11 Å². The van der Waals surface area contributed by atoms with Crippen LogP contribution in [-0.2, 0) is 13.7 Å². The van der Waals surface area contributed by atoms with E-state index in [2.05, 4.69) is 20.9 Å². The highest BCUT2D eigenvalue weighted by molar-refractivity contribution is 9.10. The summed E-state index contributed by atoms with van der Waals surface area (Å²) in [6.07, 6.45) is 0. The summed E-state index contributed by atoms with van der Waals surface area (Å²) >= 11 is 3.35. The molecule has 0 radical (unpaired) electrons. The molecular formula is C13H15BrN2O2. The summed E-state index contributed by atoms with van der Waals surface area (Å²) in [4.78, 5) is 4.41. The molecule has 96 valence electrons. The Hall–Kier alpha value is -1.33. The predicted octanol–water partition coefficient (Wildman–Crippen LogP) is 2.74. The van der Waals surface area contributed by atoms with Gasteiger partial charge in [-0.2, -0.15) is 0 Å². The van der Waals surface area contributed by atoms with E-state index in [1.165, 1.54) is 0 Å². The first-order valence-electron chi connectivity index (χ1n) is 5.72. The summed E-state index contributed by atoms with van der Waals surface area (Å²) < 4.78 is 7.95. The van der Waals surface area contributed by atoms with Crippen LogP contribution in [0.15, 0.2) is 28.9 Å². The van der Waals surface area contributed by atoms with Crippen molar-refractivity contribution in [1.29, 1.82) is 0 Å². The third-order valence-electron chi connectivity index (χ3n) is 2.74. The SMILES string of the molecule is CCOc1ccc(-c2nc(Br)c(CO)n2C)cc1. The van der Waals surface area contributed by atoms with Gasteiger partial charge in [-0.15, -0.1) is 0 Å². The van der Waals surface area contributed by atoms with Crippen LogP contribution in [0.2, 0.25) is 0 Å². The molecule has 1 aromatic carbocycles. The van der Waals surface area contributed by atoms with E-state index in [0.717, 1.165) is 22.8 Å². The number of aliphatic hydroxyl groups excluding tert-OH is 1. The van der Waals surface area contributed by atoms with Crippen LogP contribution in [0, 0.1) is 0 Å². The van der Waals surface area contributed by atoms with Gasteiger partial charge in [0.2, 0.25) is 0 Å². The van der Waals surface area contributed by atoms with Crippen molar-refractivity contribution < 1.29 is 9.84 Å². The highest BCUT2D eigenvalue weighted by Crippen LogP contribution is 2.26. The molecule has 2 aromatic rings. The van der Waals surface area contributed by atoms with Crippen molar-refractivity contribution >= 4 is 15.9 Å². The highest BCUT2D eigenvalue weighted by atomic mass is 79.9. The predicted molar refractivity (Wildman–Crippen MR) is 73.4 cm³/mol. The first-order chi connectivity index (χ1) is 8.67. The quantitative estimate of drug-likeness (QED) is 0.944. The van der Waals surface area contributed by atoms with Gasteiger partial charge >= 0.3 is 0 Å². The summed E-state index contributed by atoms with van der Waals surface area (Å²) in [7, 11) is 1.88. The number of imidazole rings is 1. The summed E-state index contributed by atoms with van der Waals surface area (Å²) in [5.74, 6) is 1.66. The maximum absolute atomic E-state index is 9.26. The van der Waals surface area contributed by atoms with Gasteiger partial charge in [-0.1, -0.05) is 0 Å². The minimum absolute atomic E-state index is 0.0406. The maximum atomic E-state index is 9.26. The molecule has 0 saturated carbocycles. The van der Waals surface area contributed by atoms with E-state index in [0.29, 0.717) is 11.2 Å². The van der Waals surface area contributed by atoms with Crippen LogP contribution in [0.4, 0.5) is 0 Å². The molecule has 0 saturated heterocycles. The molecule has 0 aliphatic heterocycles. The van der Waals surface area contributed by atoms with Gasteiger partial charge in [0.25, 0.3) is 0 Å². The molecule has 0 spiro atoms. The van der Waals surface area contributed by atoms with Crippen LogP contribution in [-0.4, -0.2) is 21.3 Å². The number of hydrogen-bond acceptors (Lipinski definition) is 3. The zero-order chi connectivity index (χ0) is 13.1. The molecule has 1 N–H and O–H groups in total. The van der Waals surface area contributed by atoms with Gasteiger partial charge < -0.3 is 14.4 Å². The fraction of sp³-hybridized carbons (Fsp3) is 0.308. The number of hydrogen-bond donors (Lipinski definition) is 1. The lowest BCUT2D eigenvalue weighted by Gasteiger charge is -2.06. The van der Waals surface area contributed by atoms with Crippen LogP contribution in [0.3, 0.4) is 0 Å². The van der Waals surface area contributed by atoms with Gasteiger partial charge in [-0.25, -0.2) is 4.98 Å². The van der Waals surface area contributed by atoms with Crippen molar-refractivity contribution in [3.05, 3.63) is 34.6 Å². The van der Waals surface area contributed by atoms with Gasteiger partial charge in [-0.3, -0.25) is 0 Å². The first-order valence-corrected chi connectivity index (χ1v) is 6.51. The zero-order valence-corrected chi connectivity index (χ0v) is 11.9. The largest absolute Gasteiger partial charge is 0.494 e. The molecule has 0 fully saturated rings. The molecular weight excluding hydrogens is 296 g/mol. The first kappa shape index (κ1) is 13.1. The molecule has 1 aromatic heterocycles. The second-order valence-electron chi connectivity index (χ2n) is 3.85. The number of rotatable bonds is 4. The van der Waals surface area contributed by atoms with Crippen LogP contribution in [0.5, 0.6) is 5.75 Å². The average molecular weight is 311 g/mol. The molecule has 2 rings (SSSR count). The molecule has 0 aliphatic carbocycles. The average Bonchev–Trinajstić information content (AvgIpc) is 2.66. The van der Waals surface area contributed by atoms with E-state index >= 15 is 0 Å². The van der Waals surface area contributed by atoms with E-state index in [1.807, 2.05) is 42.8 Å². The van der Waals surface area contributed by atoms with Crippen molar-refractivity contribution in [2.75, 3.05) is 6.61 Å². The van der Waals surface area contributed by atoms with Gasteiger partial charge in [0, 0.05) is 12.6 Å². The lowest BCUT2D eigenvalue weighted by Crippen LogP contribution is -1.98. The standard InChI is InChI=1S/C13H15BrN2O2/c1-3-18-10-6-4-9(5-7-10)13-15-12(14)11(8-17)16(13)2/h4-7,17H,3,8H2,1-2H3. The normalized spacial score (nSPS) is 10.7. The van der Waals surface area contributed by atoms with Crippen molar-refractivity contribution in [1.82, 2.24) is 9.55 Å². The van der Waals surface area contributed by atoms with Gasteiger partial charge in [0.1, 0.15) is 16.2 Å². The molecule has 0 aliphatic rings. The fourth-order valence-corrected chi connectivity index (χ4v) is 2.35. The van der Waals surface area contributed by atoms with Crippen LogP contribution < -0.4 is 4.74 Å². The maximum Gasteiger partial charge on any atom is 0.141 e. The number of aliphatic hydroxyl groups is 1. The van der Waals surface area contributed by atoms with Gasteiger partial charge in [-0.05, 0) is 47.1 Å². The Kier molecular flexibility index (Phi) is 4.04. The Bertz CT molecular complexity index is 535. The van der Waals surface area contributed by atoms with Crippen LogP contribution >= 0.6 is 15.9 Å². The monoisotopic (exact) mass is 310 g/mol. The van der Waals surface area contributed by atoms with Gasteiger partial charge in [0.05, 0.1) is 18.9 Å². The highest BCUT2D eigenvalue weighted by Gasteiger charge is 2.13. The minimum Gasteiger partial charge on any atom is -0.494 e. The summed E-state index contributed by atoms with van der Waals surface area (Å²) in [6.45, 7) is 2.57. The Morgan fingerprint density at radius 2 is 2.00 bits per heavy atom. The number of benzene rings is 1. The smallest absolute Gasteiger partial charge is 0.141 e. The van der Waals surface area contributed by atoms with E-state index in [4.69, 9.17) is 4.74 Å². The van der Waals surface area contributed by atoms with E-state index in [-0.39, 0.29) is 6.61 Å². The number of halogens is 1. The zero-order valence-electron chi connectivity index (χ0n) is 10.4. The van der Waals surface area contributed by atoms with Crippen molar-refractivity contribution in [3.63, 3.8) is 0 Å².